The number of rotatable bonds is 5. The van der Waals surface area contributed by atoms with Gasteiger partial charge >= 0.3 is 5.97 Å². The Hall–Kier alpha value is -3.41. The first-order valence-corrected chi connectivity index (χ1v) is 9.70. The van der Waals surface area contributed by atoms with E-state index in [1.54, 1.807) is 19.1 Å². The van der Waals surface area contributed by atoms with Gasteiger partial charge in [0, 0.05) is 24.2 Å². The van der Waals surface area contributed by atoms with Gasteiger partial charge in [0.05, 0.1) is 0 Å². The number of carbonyl (C=O) groups excluding carboxylic acids is 2. The molecule has 4 rings (SSSR count). The monoisotopic (exact) mass is 390 g/mol. The fraction of sp³-hybridized carbons (Fsp3) is 0.261. The summed E-state index contributed by atoms with van der Waals surface area (Å²) in [6, 6.07) is 16.6. The van der Waals surface area contributed by atoms with E-state index in [1.807, 2.05) is 47.4 Å². The smallest absolute Gasteiger partial charge is 0.360 e. The third kappa shape index (κ3) is 4.21. The van der Waals surface area contributed by atoms with Crippen LogP contribution < -0.4 is 0 Å². The minimum atomic E-state index is -0.536. The maximum Gasteiger partial charge on any atom is 0.360 e. The molecule has 0 unspecified atom stereocenters. The van der Waals surface area contributed by atoms with Crippen LogP contribution in [0.25, 0.3) is 11.5 Å². The molecule has 0 bridgehead atoms. The van der Waals surface area contributed by atoms with Crippen LogP contribution in [-0.2, 0) is 11.3 Å². The number of hydrogen-bond donors (Lipinski definition) is 0. The molecule has 0 atom stereocenters. The second kappa shape index (κ2) is 8.31. The molecule has 1 saturated heterocycles. The van der Waals surface area contributed by atoms with Crippen molar-refractivity contribution in [2.75, 3.05) is 13.1 Å². The SMILES string of the molecule is Cc1oc(-c2ccccc2)nc1C(=O)OCc1ccc(C(=O)N2CCCC2)cc1. The molecule has 6 nitrogen and oxygen atoms in total. The first-order valence-electron chi connectivity index (χ1n) is 9.70. The lowest BCUT2D eigenvalue weighted by Gasteiger charge is -2.15. The van der Waals surface area contributed by atoms with E-state index < -0.39 is 5.97 Å². The molecule has 1 aliphatic heterocycles. The highest BCUT2D eigenvalue weighted by atomic mass is 16.5. The number of nitrogens with zero attached hydrogens (tertiary/aromatic N) is 2. The molecule has 0 N–H and O–H groups in total. The van der Waals surface area contributed by atoms with Crippen LogP contribution in [0.3, 0.4) is 0 Å². The van der Waals surface area contributed by atoms with Gasteiger partial charge in [-0.3, -0.25) is 4.79 Å². The third-order valence-corrected chi connectivity index (χ3v) is 4.97. The lowest BCUT2D eigenvalue weighted by molar-refractivity contribution is 0.0464. The van der Waals surface area contributed by atoms with Crippen LogP contribution in [0.5, 0.6) is 0 Å². The summed E-state index contributed by atoms with van der Waals surface area (Å²) in [7, 11) is 0. The average molecular weight is 390 g/mol. The Morgan fingerprint density at radius 1 is 1.03 bits per heavy atom. The van der Waals surface area contributed by atoms with Gasteiger partial charge in [0.15, 0.2) is 5.69 Å². The Morgan fingerprint density at radius 3 is 2.41 bits per heavy atom. The van der Waals surface area contributed by atoms with Gasteiger partial charge in [-0.15, -0.1) is 0 Å². The molecule has 1 amide bonds. The van der Waals surface area contributed by atoms with E-state index in [1.165, 1.54) is 0 Å². The van der Waals surface area contributed by atoms with E-state index in [2.05, 4.69) is 4.98 Å². The Labute approximate surface area is 169 Å². The Kier molecular flexibility index (Phi) is 5.42. The minimum Gasteiger partial charge on any atom is -0.456 e. The summed E-state index contributed by atoms with van der Waals surface area (Å²) in [6.45, 7) is 3.43. The third-order valence-electron chi connectivity index (χ3n) is 4.97. The van der Waals surface area contributed by atoms with Gasteiger partial charge < -0.3 is 14.1 Å². The second-order valence-corrected chi connectivity index (χ2v) is 7.06. The van der Waals surface area contributed by atoms with Crippen molar-refractivity contribution < 1.29 is 18.7 Å². The topological polar surface area (TPSA) is 72.6 Å². The molecule has 1 aliphatic rings. The summed E-state index contributed by atoms with van der Waals surface area (Å²) in [5.74, 6) is 0.323. The molecule has 0 spiro atoms. The Balaban J connectivity index is 1.38. The number of ether oxygens (including phenoxy) is 1. The molecule has 0 aliphatic carbocycles. The van der Waals surface area contributed by atoms with Crippen LogP contribution in [0.4, 0.5) is 0 Å². The van der Waals surface area contributed by atoms with Crippen molar-refractivity contribution in [3.63, 3.8) is 0 Å². The number of benzene rings is 2. The van der Waals surface area contributed by atoms with Crippen LogP contribution in [0.1, 0.15) is 45.0 Å². The molecule has 2 aromatic carbocycles. The number of likely N-dealkylation sites (tertiary alicyclic amines) is 1. The maximum absolute atomic E-state index is 12.4. The van der Waals surface area contributed by atoms with Gasteiger partial charge in [0.2, 0.25) is 5.89 Å². The van der Waals surface area contributed by atoms with E-state index in [0.717, 1.165) is 37.1 Å². The summed E-state index contributed by atoms with van der Waals surface area (Å²) in [5, 5.41) is 0. The van der Waals surface area contributed by atoms with Gasteiger partial charge in [-0.25, -0.2) is 9.78 Å². The predicted molar refractivity (Wildman–Crippen MR) is 107 cm³/mol. The van der Waals surface area contributed by atoms with Crippen molar-refractivity contribution in [3.8, 4) is 11.5 Å². The predicted octanol–water partition coefficient (Wildman–Crippen LogP) is 4.24. The number of amides is 1. The highest BCUT2D eigenvalue weighted by Gasteiger charge is 2.21. The van der Waals surface area contributed by atoms with Crippen LogP contribution in [0.15, 0.2) is 59.0 Å². The van der Waals surface area contributed by atoms with Crippen LogP contribution in [-0.4, -0.2) is 34.8 Å². The Bertz CT molecular complexity index is 1000. The summed E-state index contributed by atoms with van der Waals surface area (Å²) >= 11 is 0. The largest absolute Gasteiger partial charge is 0.456 e. The number of oxazole rings is 1. The average Bonchev–Trinajstić information content (AvgIpc) is 3.43. The standard InChI is InChI=1S/C23H22N2O4/c1-16-20(24-21(29-16)18-7-3-2-4-8-18)23(27)28-15-17-9-11-19(12-10-17)22(26)25-13-5-6-14-25/h2-4,7-12H,5-6,13-15H2,1H3. The van der Waals surface area contributed by atoms with Crippen LogP contribution in [0.2, 0.25) is 0 Å². The van der Waals surface area contributed by atoms with Crippen molar-refractivity contribution in [1.82, 2.24) is 9.88 Å². The zero-order valence-corrected chi connectivity index (χ0v) is 16.3. The van der Waals surface area contributed by atoms with Crippen molar-refractivity contribution in [2.24, 2.45) is 0 Å². The lowest BCUT2D eigenvalue weighted by atomic mass is 10.1. The molecule has 1 fully saturated rings. The normalized spacial score (nSPS) is 13.5. The molecule has 29 heavy (non-hydrogen) atoms. The number of esters is 1. The van der Waals surface area contributed by atoms with Crippen LogP contribution >= 0.6 is 0 Å². The Morgan fingerprint density at radius 2 is 1.72 bits per heavy atom. The number of carbonyl (C=O) groups is 2. The fourth-order valence-electron chi connectivity index (χ4n) is 3.35. The van der Waals surface area contributed by atoms with Crippen LogP contribution in [0, 0.1) is 6.92 Å². The molecular weight excluding hydrogens is 368 g/mol. The van der Waals surface area contributed by atoms with E-state index in [0.29, 0.717) is 17.2 Å². The molecular formula is C23H22N2O4. The molecule has 0 saturated carbocycles. The molecule has 0 radical (unpaired) electrons. The summed E-state index contributed by atoms with van der Waals surface area (Å²) in [4.78, 5) is 31.0. The van der Waals surface area contributed by atoms with Crippen molar-refractivity contribution in [3.05, 3.63) is 77.2 Å². The van der Waals surface area contributed by atoms with Crippen molar-refractivity contribution >= 4 is 11.9 Å². The van der Waals surface area contributed by atoms with Gasteiger partial charge in [0.25, 0.3) is 5.91 Å². The number of aromatic nitrogens is 1. The second-order valence-electron chi connectivity index (χ2n) is 7.06. The maximum atomic E-state index is 12.4. The summed E-state index contributed by atoms with van der Waals surface area (Å²) in [5.41, 5.74) is 2.43. The zero-order chi connectivity index (χ0) is 20.2. The summed E-state index contributed by atoms with van der Waals surface area (Å²) in [6.07, 6.45) is 2.13. The van der Waals surface area contributed by atoms with Crippen molar-refractivity contribution in [1.29, 1.82) is 0 Å². The first-order chi connectivity index (χ1) is 14.1. The van der Waals surface area contributed by atoms with E-state index in [9.17, 15) is 9.59 Å². The van der Waals surface area contributed by atoms with Gasteiger partial charge in [-0.2, -0.15) is 0 Å². The number of aryl methyl sites for hydroxylation is 1. The van der Waals surface area contributed by atoms with E-state index in [-0.39, 0.29) is 18.2 Å². The van der Waals surface area contributed by atoms with E-state index >= 15 is 0 Å². The zero-order valence-electron chi connectivity index (χ0n) is 16.3. The molecule has 2 heterocycles. The highest BCUT2D eigenvalue weighted by molar-refractivity contribution is 5.94. The molecule has 148 valence electrons. The van der Waals surface area contributed by atoms with Gasteiger partial charge in [0.1, 0.15) is 12.4 Å². The number of hydrogen-bond acceptors (Lipinski definition) is 5. The molecule has 6 heteroatoms. The van der Waals surface area contributed by atoms with Gasteiger partial charge in [-0.05, 0) is 49.6 Å². The van der Waals surface area contributed by atoms with E-state index in [4.69, 9.17) is 9.15 Å². The fourth-order valence-corrected chi connectivity index (χ4v) is 3.35. The lowest BCUT2D eigenvalue weighted by Crippen LogP contribution is -2.27. The molecule has 1 aromatic heterocycles. The minimum absolute atomic E-state index is 0.0534. The summed E-state index contributed by atoms with van der Waals surface area (Å²) < 4.78 is 11.0. The first kappa shape index (κ1) is 18.9. The highest BCUT2D eigenvalue weighted by Crippen LogP contribution is 2.22. The van der Waals surface area contributed by atoms with Crippen molar-refractivity contribution in [2.45, 2.75) is 26.4 Å². The van der Waals surface area contributed by atoms with Gasteiger partial charge in [-0.1, -0.05) is 30.3 Å². The molecule has 3 aromatic rings. The quantitative estimate of drug-likeness (QED) is 0.609.